The van der Waals surface area contributed by atoms with E-state index >= 15 is 0 Å². The van der Waals surface area contributed by atoms with Gasteiger partial charge in [0.2, 0.25) is 5.79 Å². The van der Waals surface area contributed by atoms with Crippen molar-refractivity contribution in [2.24, 2.45) is 0 Å². The van der Waals surface area contributed by atoms with Crippen molar-refractivity contribution in [2.45, 2.75) is 18.3 Å². The second kappa shape index (κ2) is 1.28. The molecule has 2 unspecified atom stereocenters. The van der Waals surface area contributed by atoms with Crippen molar-refractivity contribution in [3.8, 4) is 0 Å². The molecule has 0 aromatic carbocycles. The van der Waals surface area contributed by atoms with Crippen molar-refractivity contribution in [2.75, 3.05) is 0 Å². The lowest BCUT2D eigenvalue weighted by Gasteiger charge is -2.07. The summed E-state index contributed by atoms with van der Waals surface area (Å²) in [6, 6.07) is 0. The Morgan fingerprint density at radius 1 is 1.60 bits per heavy atom. The van der Waals surface area contributed by atoms with E-state index in [1.54, 1.807) is 6.92 Å². The molecule has 1 fully saturated rings. The van der Waals surface area contributed by atoms with Gasteiger partial charge in [0.15, 0.2) is 0 Å². The molecule has 3 heteroatoms. The van der Waals surface area contributed by atoms with Gasteiger partial charge in [-0.15, -0.1) is 0 Å². The fourth-order valence-corrected chi connectivity index (χ4v) is 1.16. The lowest BCUT2D eigenvalue weighted by atomic mass is 9.99. The largest absolute Gasteiger partial charge is 0.508 e. The standard InChI is InChI=1S/C7H8O3/c1-6-4-5(8)2-3-7(6,9)10-6/h2-4,8-9H,1H3. The summed E-state index contributed by atoms with van der Waals surface area (Å²) >= 11 is 0. The van der Waals surface area contributed by atoms with Crippen LogP contribution in [0, 0.1) is 0 Å². The summed E-state index contributed by atoms with van der Waals surface area (Å²) in [4.78, 5) is 0. The quantitative estimate of drug-likeness (QED) is 0.481. The molecule has 1 saturated heterocycles. The summed E-state index contributed by atoms with van der Waals surface area (Å²) in [6.45, 7) is 1.72. The predicted octanol–water partition coefficient (Wildman–Crippen LogP) is 0.476. The number of ether oxygens (including phenoxy) is 1. The second-order valence-electron chi connectivity index (χ2n) is 2.81. The summed E-state index contributed by atoms with van der Waals surface area (Å²) in [6.07, 6.45) is 4.37. The van der Waals surface area contributed by atoms with Gasteiger partial charge in [0.25, 0.3) is 0 Å². The molecule has 0 spiro atoms. The minimum Gasteiger partial charge on any atom is -0.508 e. The van der Waals surface area contributed by atoms with Crippen LogP contribution in [0.3, 0.4) is 0 Å². The predicted molar refractivity (Wildman–Crippen MR) is 34.3 cm³/mol. The van der Waals surface area contributed by atoms with Gasteiger partial charge in [-0.2, -0.15) is 0 Å². The van der Waals surface area contributed by atoms with E-state index in [9.17, 15) is 5.11 Å². The molecule has 0 amide bonds. The molecule has 1 aliphatic carbocycles. The molecule has 54 valence electrons. The van der Waals surface area contributed by atoms with E-state index in [1.165, 1.54) is 18.2 Å². The van der Waals surface area contributed by atoms with E-state index < -0.39 is 11.4 Å². The number of hydrogen-bond acceptors (Lipinski definition) is 3. The number of aliphatic hydroxyl groups excluding tert-OH is 1. The fraction of sp³-hybridized carbons (Fsp3) is 0.429. The van der Waals surface area contributed by atoms with Gasteiger partial charge >= 0.3 is 0 Å². The molecule has 2 aliphatic rings. The maximum Gasteiger partial charge on any atom is 0.220 e. The van der Waals surface area contributed by atoms with E-state index in [0.717, 1.165) is 0 Å². The van der Waals surface area contributed by atoms with Gasteiger partial charge in [-0.1, -0.05) is 0 Å². The Bertz CT molecular complexity index is 243. The second-order valence-corrected chi connectivity index (χ2v) is 2.81. The van der Waals surface area contributed by atoms with Crippen molar-refractivity contribution in [1.82, 2.24) is 0 Å². The Kier molecular flexibility index (Phi) is 0.763. The van der Waals surface area contributed by atoms with E-state index in [2.05, 4.69) is 0 Å². The third kappa shape index (κ3) is 0.514. The molecular weight excluding hydrogens is 132 g/mol. The van der Waals surface area contributed by atoms with Crippen molar-refractivity contribution >= 4 is 0 Å². The lowest BCUT2D eigenvalue weighted by Crippen LogP contribution is -2.21. The van der Waals surface area contributed by atoms with Crippen LogP contribution in [-0.4, -0.2) is 21.6 Å². The highest BCUT2D eigenvalue weighted by molar-refractivity contribution is 5.36. The molecule has 1 aliphatic heterocycles. The highest BCUT2D eigenvalue weighted by Crippen LogP contribution is 2.50. The molecule has 0 aromatic rings. The zero-order chi connectivity index (χ0) is 7.41. The summed E-state index contributed by atoms with van der Waals surface area (Å²) in [5.41, 5.74) is -0.689. The average molecular weight is 140 g/mol. The minimum atomic E-state index is -1.15. The average Bonchev–Trinajstić information content (AvgIpc) is 2.33. The fourth-order valence-electron chi connectivity index (χ4n) is 1.16. The first-order valence-electron chi connectivity index (χ1n) is 3.09. The molecule has 10 heavy (non-hydrogen) atoms. The van der Waals surface area contributed by atoms with Gasteiger partial charge in [-0.3, -0.25) is 0 Å². The number of hydrogen-bond donors (Lipinski definition) is 2. The van der Waals surface area contributed by atoms with Gasteiger partial charge in [0.1, 0.15) is 11.4 Å². The molecule has 2 rings (SSSR count). The number of aliphatic hydroxyl groups is 2. The first kappa shape index (κ1) is 5.95. The molecule has 0 aromatic heterocycles. The van der Waals surface area contributed by atoms with Gasteiger partial charge < -0.3 is 14.9 Å². The van der Waals surface area contributed by atoms with Crippen LogP contribution in [0.15, 0.2) is 24.0 Å². The maximum absolute atomic E-state index is 9.36. The van der Waals surface area contributed by atoms with Crippen molar-refractivity contribution in [3.05, 3.63) is 24.0 Å². The Hall–Kier alpha value is -0.800. The summed E-state index contributed by atoms with van der Waals surface area (Å²) in [5.74, 6) is -1.01. The number of fused-ring (bicyclic) bond motifs is 1. The van der Waals surface area contributed by atoms with Crippen LogP contribution in [-0.2, 0) is 4.74 Å². The van der Waals surface area contributed by atoms with Crippen LogP contribution < -0.4 is 0 Å². The number of epoxide rings is 1. The Labute approximate surface area is 58.2 Å². The Balaban J connectivity index is 2.40. The van der Waals surface area contributed by atoms with E-state index in [0.29, 0.717) is 0 Å². The van der Waals surface area contributed by atoms with Gasteiger partial charge in [-0.05, 0) is 25.2 Å². The molecule has 2 atom stereocenters. The van der Waals surface area contributed by atoms with E-state index in [1.807, 2.05) is 0 Å². The molecule has 0 saturated carbocycles. The van der Waals surface area contributed by atoms with Crippen LogP contribution in [0.5, 0.6) is 0 Å². The van der Waals surface area contributed by atoms with Crippen LogP contribution in [0.1, 0.15) is 6.92 Å². The molecule has 0 radical (unpaired) electrons. The lowest BCUT2D eigenvalue weighted by molar-refractivity contribution is 0.0822. The van der Waals surface area contributed by atoms with Crippen molar-refractivity contribution < 1.29 is 14.9 Å². The van der Waals surface area contributed by atoms with Crippen molar-refractivity contribution in [1.29, 1.82) is 0 Å². The molecule has 1 heterocycles. The number of allylic oxidation sites excluding steroid dienone is 1. The smallest absolute Gasteiger partial charge is 0.220 e. The third-order valence-corrected chi connectivity index (χ3v) is 1.94. The topological polar surface area (TPSA) is 53.0 Å². The van der Waals surface area contributed by atoms with Crippen LogP contribution in [0.4, 0.5) is 0 Å². The number of rotatable bonds is 0. The third-order valence-electron chi connectivity index (χ3n) is 1.94. The van der Waals surface area contributed by atoms with Crippen molar-refractivity contribution in [3.63, 3.8) is 0 Å². The normalized spacial score (nSPS) is 50.0. The SMILES string of the molecule is CC12C=C(O)C=CC1(O)O2. The van der Waals surface area contributed by atoms with Gasteiger partial charge in [0, 0.05) is 0 Å². The minimum absolute atomic E-state index is 0.143. The van der Waals surface area contributed by atoms with Gasteiger partial charge in [-0.25, -0.2) is 0 Å². The molecule has 0 bridgehead atoms. The van der Waals surface area contributed by atoms with Gasteiger partial charge in [0.05, 0.1) is 0 Å². The Morgan fingerprint density at radius 2 is 2.30 bits per heavy atom. The Morgan fingerprint density at radius 3 is 2.80 bits per heavy atom. The summed E-state index contributed by atoms with van der Waals surface area (Å²) in [7, 11) is 0. The van der Waals surface area contributed by atoms with Crippen LogP contribution >= 0.6 is 0 Å². The van der Waals surface area contributed by atoms with Crippen LogP contribution in [0.25, 0.3) is 0 Å². The maximum atomic E-state index is 9.36. The highest BCUT2D eigenvalue weighted by Gasteiger charge is 2.65. The van der Waals surface area contributed by atoms with Crippen LogP contribution in [0.2, 0.25) is 0 Å². The molecule has 3 nitrogen and oxygen atoms in total. The zero-order valence-electron chi connectivity index (χ0n) is 5.53. The zero-order valence-corrected chi connectivity index (χ0v) is 5.53. The monoisotopic (exact) mass is 140 g/mol. The molecular formula is C7H8O3. The van der Waals surface area contributed by atoms with E-state index in [4.69, 9.17) is 9.84 Å². The highest BCUT2D eigenvalue weighted by atomic mass is 16.7. The first-order valence-corrected chi connectivity index (χ1v) is 3.09. The summed E-state index contributed by atoms with van der Waals surface area (Å²) in [5, 5.41) is 18.3. The summed E-state index contributed by atoms with van der Waals surface area (Å²) < 4.78 is 4.96. The molecule has 2 N–H and O–H groups in total. The van der Waals surface area contributed by atoms with E-state index in [-0.39, 0.29) is 5.76 Å². The first-order chi connectivity index (χ1) is 4.56.